The Hall–Kier alpha value is -4.02. The van der Waals surface area contributed by atoms with Gasteiger partial charge in [-0.05, 0) is 12.1 Å². The summed E-state index contributed by atoms with van der Waals surface area (Å²) in [7, 11) is 0. The molecule has 140 valence electrons. The van der Waals surface area contributed by atoms with Gasteiger partial charge in [-0.2, -0.15) is 5.10 Å². The van der Waals surface area contributed by atoms with Crippen molar-refractivity contribution in [3.63, 3.8) is 0 Å². The zero-order valence-electron chi connectivity index (χ0n) is 14.1. The second-order valence-corrected chi connectivity index (χ2v) is 5.84. The van der Waals surface area contributed by atoms with Crippen LogP contribution in [0.4, 0.5) is 20.3 Å². The first-order valence-corrected chi connectivity index (χ1v) is 7.97. The first-order chi connectivity index (χ1) is 13.4. The molecule has 0 aliphatic carbocycles. The van der Waals surface area contributed by atoms with Crippen LogP contribution in [0.5, 0.6) is 0 Å². The van der Waals surface area contributed by atoms with E-state index in [0.29, 0.717) is 5.56 Å². The summed E-state index contributed by atoms with van der Waals surface area (Å²) in [5, 5.41) is 15.5. The largest absolute Gasteiger partial charge is 0.378 e. The number of hydrogen-bond acceptors (Lipinski definition) is 7. The fourth-order valence-electron chi connectivity index (χ4n) is 2.74. The average molecular weight is 383 g/mol. The number of nitrogen functional groups attached to an aromatic ring is 1. The molecule has 2 N–H and O–H groups in total. The molecule has 11 heteroatoms. The highest BCUT2D eigenvalue weighted by Crippen LogP contribution is 2.28. The maximum absolute atomic E-state index is 14.0. The third kappa shape index (κ3) is 2.98. The predicted molar refractivity (Wildman–Crippen MR) is 95.1 cm³/mol. The van der Waals surface area contributed by atoms with Gasteiger partial charge in [-0.25, -0.2) is 28.4 Å². The van der Waals surface area contributed by atoms with E-state index in [2.05, 4.69) is 20.1 Å². The second kappa shape index (κ2) is 6.61. The molecule has 0 spiro atoms. The van der Waals surface area contributed by atoms with Gasteiger partial charge in [0.2, 0.25) is 5.82 Å². The van der Waals surface area contributed by atoms with E-state index in [-0.39, 0.29) is 34.9 Å². The van der Waals surface area contributed by atoms with Crippen molar-refractivity contribution in [3.8, 4) is 11.5 Å². The number of fused-ring (bicyclic) bond motifs is 1. The summed E-state index contributed by atoms with van der Waals surface area (Å²) in [4.78, 5) is 22.0. The summed E-state index contributed by atoms with van der Waals surface area (Å²) >= 11 is 0. The lowest BCUT2D eigenvalue weighted by Gasteiger charge is -2.04. The van der Waals surface area contributed by atoms with Crippen molar-refractivity contribution in [1.29, 1.82) is 0 Å². The number of anilines is 1. The molecule has 0 aliphatic heterocycles. The molecule has 0 fully saturated rings. The Morgan fingerprint density at radius 2 is 1.96 bits per heavy atom. The number of hydrogen-bond donors (Lipinski definition) is 1. The summed E-state index contributed by atoms with van der Waals surface area (Å²) < 4.78 is 29.2. The SMILES string of the molecule is Nc1nc(-c2nn(Cc3ccccc3F)c3ncc(F)cc23)ncc1[N+](=O)[O-]. The minimum Gasteiger partial charge on any atom is -0.378 e. The molecule has 1 aromatic carbocycles. The third-order valence-electron chi connectivity index (χ3n) is 4.04. The normalized spacial score (nSPS) is 11.1. The molecular weight excluding hydrogens is 372 g/mol. The fourth-order valence-corrected chi connectivity index (χ4v) is 2.74. The topological polar surface area (TPSA) is 126 Å². The average Bonchev–Trinajstić information content (AvgIpc) is 3.00. The summed E-state index contributed by atoms with van der Waals surface area (Å²) in [6.45, 7) is 0.0320. The smallest absolute Gasteiger partial charge is 0.329 e. The summed E-state index contributed by atoms with van der Waals surface area (Å²) in [5.41, 5.74) is 5.92. The number of benzene rings is 1. The highest BCUT2D eigenvalue weighted by Gasteiger charge is 2.21. The molecule has 9 nitrogen and oxygen atoms in total. The lowest BCUT2D eigenvalue weighted by molar-refractivity contribution is -0.384. The van der Waals surface area contributed by atoms with Crippen molar-refractivity contribution in [2.24, 2.45) is 0 Å². The monoisotopic (exact) mass is 383 g/mol. The molecule has 4 aromatic rings. The minimum absolute atomic E-state index is 0.0320. The van der Waals surface area contributed by atoms with Crippen LogP contribution in [0.15, 0.2) is 42.7 Å². The lowest BCUT2D eigenvalue weighted by atomic mass is 10.2. The van der Waals surface area contributed by atoms with Gasteiger partial charge in [0.25, 0.3) is 0 Å². The zero-order chi connectivity index (χ0) is 19.8. The summed E-state index contributed by atoms with van der Waals surface area (Å²) in [6, 6.07) is 7.33. The standard InChI is InChI=1S/C17H11F2N7O2/c18-10-5-11-14(16-21-7-13(26(27)28)15(20)23-16)24-25(17(11)22-6-10)8-9-3-1-2-4-12(9)19/h1-7H,8H2,(H2,20,21,23). The van der Waals surface area contributed by atoms with E-state index in [1.165, 1.54) is 16.8 Å². The molecule has 0 aliphatic rings. The maximum Gasteiger partial charge on any atom is 0.329 e. The van der Waals surface area contributed by atoms with Gasteiger partial charge in [-0.3, -0.25) is 10.1 Å². The van der Waals surface area contributed by atoms with Gasteiger partial charge >= 0.3 is 5.69 Å². The van der Waals surface area contributed by atoms with Crippen LogP contribution in [0.2, 0.25) is 0 Å². The van der Waals surface area contributed by atoms with E-state index in [9.17, 15) is 18.9 Å². The zero-order valence-corrected chi connectivity index (χ0v) is 14.1. The number of nitro groups is 1. The Kier molecular flexibility index (Phi) is 4.11. The van der Waals surface area contributed by atoms with E-state index in [1.807, 2.05) is 0 Å². The van der Waals surface area contributed by atoms with Gasteiger partial charge in [-0.15, -0.1) is 0 Å². The van der Waals surface area contributed by atoms with Gasteiger partial charge in [0.05, 0.1) is 23.1 Å². The molecule has 0 bridgehead atoms. The molecule has 28 heavy (non-hydrogen) atoms. The van der Waals surface area contributed by atoms with Crippen LogP contribution < -0.4 is 5.73 Å². The third-order valence-corrected chi connectivity index (χ3v) is 4.04. The summed E-state index contributed by atoms with van der Waals surface area (Å²) in [5.74, 6) is -1.43. The van der Waals surface area contributed by atoms with Crippen molar-refractivity contribution in [2.75, 3.05) is 5.73 Å². The molecular formula is C17H11F2N7O2. The van der Waals surface area contributed by atoms with Crippen molar-refractivity contribution >= 4 is 22.5 Å². The minimum atomic E-state index is -0.713. The fraction of sp³-hybridized carbons (Fsp3) is 0.0588. The number of halogens is 2. The Labute approximate surface area is 155 Å². The Morgan fingerprint density at radius 1 is 1.18 bits per heavy atom. The molecule has 0 saturated heterocycles. The van der Waals surface area contributed by atoms with E-state index >= 15 is 0 Å². The van der Waals surface area contributed by atoms with Crippen LogP contribution in [0, 0.1) is 21.7 Å². The van der Waals surface area contributed by atoms with Crippen LogP contribution in [-0.2, 0) is 6.54 Å². The molecule has 0 unspecified atom stereocenters. The molecule has 0 radical (unpaired) electrons. The molecule has 0 saturated carbocycles. The van der Waals surface area contributed by atoms with E-state index < -0.39 is 22.2 Å². The molecule has 3 aromatic heterocycles. The quantitative estimate of drug-likeness (QED) is 0.424. The van der Waals surface area contributed by atoms with Gasteiger partial charge < -0.3 is 5.73 Å². The number of pyridine rings is 1. The van der Waals surface area contributed by atoms with Gasteiger partial charge in [0.1, 0.15) is 23.5 Å². The first kappa shape index (κ1) is 17.4. The van der Waals surface area contributed by atoms with Crippen molar-refractivity contribution < 1.29 is 13.7 Å². The Balaban J connectivity index is 1.87. The van der Waals surface area contributed by atoms with Crippen LogP contribution in [0.1, 0.15) is 5.56 Å². The number of nitrogens with zero attached hydrogens (tertiary/aromatic N) is 6. The Morgan fingerprint density at radius 3 is 2.68 bits per heavy atom. The number of rotatable bonds is 4. The van der Waals surface area contributed by atoms with Crippen molar-refractivity contribution in [1.82, 2.24) is 24.7 Å². The van der Waals surface area contributed by atoms with E-state index in [0.717, 1.165) is 12.4 Å². The highest BCUT2D eigenvalue weighted by atomic mass is 19.1. The number of aromatic nitrogens is 5. The first-order valence-electron chi connectivity index (χ1n) is 7.97. The van der Waals surface area contributed by atoms with Crippen molar-refractivity contribution in [3.05, 3.63) is 70.0 Å². The van der Waals surface area contributed by atoms with Crippen LogP contribution >= 0.6 is 0 Å². The van der Waals surface area contributed by atoms with Gasteiger partial charge in [-0.1, -0.05) is 18.2 Å². The molecule has 0 atom stereocenters. The second-order valence-electron chi connectivity index (χ2n) is 5.84. The highest BCUT2D eigenvalue weighted by molar-refractivity contribution is 5.89. The van der Waals surface area contributed by atoms with Crippen LogP contribution in [-0.4, -0.2) is 29.7 Å². The Bertz CT molecular complexity index is 1230. The molecule has 0 amide bonds. The van der Waals surface area contributed by atoms with Crippen LogP contribution in [0.3, 0.4) is 0 Å². The number of nitrogens with two attached hydrogens (primary N) is 1. The molecule has 3 heterocycles. The van der Waals surface area contributed by atoms with E-state index in [1.54, 1.807) is 18.2 Å². The van der Waals surface area contributed by atoms with Gasteiger partial charge in [0.15, 0.2) is 11.5 Å². The maximum atomic E-state index is 14.0. The predicted octanol–water partition coefficient (Wildman–Crippen LogP) is 2.71. The van der Waals surface area contributed by atoms with E-state index in [4.69, 9.17) is 5.73 Å². The van der Waals surface area contributed by atoms with Crippen LogP contribution in [0.25, 0.3) is 22.6 Å². The van der Waals surface area contributed by atoms with Crippen molar-refractivity contribution in [2.45, 2.75) is 6.54 Å². The summed E-state index contributed by atoms with van der Waals surface area (Å²) in [6.07, 6.45) is 1.96. The van der Waals surface area contributed by atoms with Gasteiger partial charge in [0, 0.05) is 5.56 Å². The molecule has 4 rings (SSSR count). The lowest BCUT2D eigenvalue weighted by Crippen LogP contribution is -2.05.